The molecule has 0 aliphatic heterocycles. The number of carbonyl (C=O) groups excluding carboxylic acids is 1. The molecule has 7 heteroatoms. The number of rotatable bonds is 8. The van der Waals surface area contributed by atoms with Crippen molar-refractivity contribution < 1.29 is 4.79 Å². The van der Waals surface area contributed by atoms with E-state index in [1.54, 1.807) is 11.8 Å². The fourth-order valence-corrected chi connectivity index (χ4v) is 3.83. The van der Waals surface area contributed by atoms with Crippen LogP contribution in [-0.2, 0) is 13.0 Å². The molecule has 0 fully saturated rings. The van der Waals surface area contributed by atoms with Gasteiger partial charge in [-0.25, -0.2) is 0 Å². The van der Waals surface area contributed by atoms with Crippen molar-refractivity contribution in [3.05, 3.63) is 41.3 Å². The molecule has 0 saturated heterocycles. The molecule has 0 bridgehead atoms. The normalized spacial score (nSPS) is 11.4. The monoisotopic (exact) mass is 385 g/mol. The van der Waals surface area contributed by atoms with Gasteiger partial charge >= 0.3 is 0 Å². The number of thioether (sulfide) groups is 1. The molecule has 3 aromatic rings. The minimum absolute atomic E-state index is 0.0293. The molecule has 0 aliphatic carbocycles. The van der Waals surface area contributed by atoms with E-state index in [-0.39, 0.29) is 5.91 Å². The van der Waals surface area contributed by atoms with E-state index >= 15 is 0 Å². The highest BCUT2D eigenvalue weighted by molar-refractivity contribution is 7.98. The molecule has 0 atom stereocenters. The Morgan fingerprint density at radius 1 is 1.30 bits per heavy atom. The fraction of sp³-hybridized carbons (Fsp3) is 0.450. The van der Waals surface area contributed by atoms with E-state index in [0.717, 1.165) is 52.5 Å². The number of hydrogen-bond donors (Lipinski definition) is 2. The lowest BCUT2D eigenvalue weighted by Gasteiger charge is -2.11. The molecule has 0 unspecified atom stereocenters. The third-order valence-corrected chi connectivity index (χ3v) is 5.17. The highest BCUT2D eigenvalue weighted by atomic mass is 32.2. The minimum atomic E-state index is -0.0293. The van der Waals surface area contributed by atoms with Crippen molar-refractivity contribution in [1.82, 2.24) is 25.1 Å². The Kier molecular flexibility index (Phi) is 6.21. The Bertz CT molecular complexity index is 928. The Balaban J connectivity index is 1.60. The number of nitrogens with one attached hydrogen (secondary N) is 2. The van der Waals surface area contributed by atoms with Gasteiger partial charge in [0.2, 0.25) is 0 Å². The first-order chi connectivity index (χ1) is 13.0. The van der Waals surface area contributed by atoms with E-state index in [1.165, 1.54) is 0 Å². The van der Waals surface area contributed by atoms with E-state index in [9.17, 15) is 4.79 Å². The molecule has 2 N–H and O–H groups in total. The summed E-state index contributed by atoms with van der Waals surface area (Å²) in [6.45, 7) is 7.85. The van der Waals surface area contributed by atoms with Gasteiger partial charge in [0.1, 0.15) is 5.82 Å². The number of aromatic nitrogens is 4. The van der Waals surface area contributed by atoms with E-state index in [2.05, 4.69) is 38.9 Å². The molecule has 2 heterocycles. The Labute approximate surface area is 164 Å². The van der Waals surface area contributed by atoms with Crippen LogP contribution in [0.25, 0.3) is 10.9 Å². The summed E-state index contributed by atoms with van der Waals surface area (Å²) in [6.07, 6.45) is 3.65. The van der Waals surface area contributed by atoms with E-state index < -0.39 is 0 Å². The molecule has 0 saturated carbocycles. The topological polar surface area (TPSA) is 75.6 Å². The van der Waals surface area contributed by atoms with Crippen LogP contribution in [0, 0.1) is 12.8 Å². The number of H-pyrrole nitrogens is 1. The Hall–Kier alpha value is -2.28. The van der Waals surface area contributed by atoms with E-state index in [4.69, 9.17) is 0 Å². The van der Waals surface area contributed by atoms with Gasteiger partial charge < -0.3 is 14.9 Å². The quantitative estimate of drug-likeness (QED) is 0.457. The van der Waals surface area contributed by atoms with Gasteiger partial charge in [-0.2, -0.15) is 0 Å². The average Bonchev–Trinajstić information content (AvgIpc) is 3.17. The summed E-state index contributed by atoms with van der Waals surface area (Å²) in [7, 11) is 0. The van der Waals surface area contributed by atoms with Gasteiger partial charge in [-0.15, -0.1) is 10.2 Å². The van der Waals surface area contributed by atoms with Crippen LogP contribution in [-0.4, -0.2) is 38.5 Å². The third kappa shape index (κ3) is 4.35. The van der Waals surface area contributed by atoms with Gasteiger partial charge in [0.25, 0.3) is 5.91 Å². The molecule has 144 valence electrons. The van der Waals surface area contributed by atoms with Crippen molar-refractivity contribution in [1.29, 1.82) is 0 Å². The zero-order chi connectivity index (χ0) is 19.4. The van der Waals surface area contributed by atoms with Crippen molar-refractivity contribution in [3.63, 3.8) is 0 Å². The zero-order valence-electron chi connectivity index (χ0n) is 16.4. The third-order valence-electron chi connectivity index (χ3n) is 4.51. The number of nitrogens with zero attached hydrogens (tertiary/aromatic N) is 3. The number of fused-ring (bicyclic) bond motifs is 1. The molecule has 2 aromatic heterocycles. The van der Waals surface area contributed by atoms with Crippen LogP contribution in [0.5, 0.6) is 0 Å². The SMILES string of the molecule is CSc1nnc(CCCNC(=O)c2c(C)[nH]c3ccccc23)n1CC(C)C. The number of aryl methyl sites for hydroxylation is 2. The highest BCUT2D eigenvalue weighted by Crippen LogP contribution is 2.21. The number of amides is 1. The van der Waals surface area contributed by atoms with Crippen molar-refractivity contribution in [3.8, 4) is 0 Å². The maximum absolute atomic E-state index is 12.6. The van der Waals surface area contributed by atoms with Crippen LogP contribution in [0.1, 0.15) is 42.1 Å². The van der Waals surface area contributed by atoms with Crippen LogP contribution in [0.2, 0.25) is 0 Å². The number of para-hydroxylation sites is 1. The van der Waals surface area contributed by atoms with Gasteiger partial charge in [0.15, 0.2) is 5.16 Å². The van der Waals surface area contributed by atoms with Crippen LogP contribution < -0.4 is 5.32 Å². The molecule has 0 spiro atoms. The van der Waals surface area contributed by atoms with Crippen molar-refractivity contribution in [2.24, 2.45) is 5.92 Å². The van der Waals surface area contributed by atoms with Gasteiger partial charge in [0, 0.05) is 36.1 Å². The highest BCUT2D eigenvalue weighted by Gasteiger charge is 2.16. The molecular weight excluding hydrogens is 358 g/mol. The summed E-state index contributed by atoms with van der Waals surface area (Å²) in [5.74, 6) is 1.50. The van der Waals surface area contributed by atoms with Gasteiger partial charge in [-0.05, 0) is 31.6 Å². The number of aromatic amines is 1. The average molecular weight is 386 g/mol. The molecule has 0 radical (unpaired) electrons. The molecule has 3 rings (SSSR count). The van der Waals surface area contributed by atoms with Crippen LogP contribution in [0.4, 0.5) is 0 Å². The first-order valence-corrected chi connectivity index (χ1v) is 10.5. The lowest BCUT2D eigenvalue weighted by atomic mass is 10.1. The number of benzene rings is 1. The van der Waals surface area contributed by atoms with E-state index in [0.29, 0.717) is 12.5 Å². The summed E-state index contributed by atoms with van der Waals surface area (Å²) in [5.41, 5.74) is 2.62. The minimum Gasteiger partial charge on any atom is -0.358 e. The van der Waals surface area contributed by atoms with Crippen molar-refractivity contribution in [2.75, 3.05) is 12.8 Å². The fourth-order valence-electron chi connectivity index (χ4n) is 3.31. The number of hydrogen-bond acceptors (Lipinski definition) is 4. The predicted octanol–water partition coefficient (Wildman–Crippen LogP) is 3.81. The maximum Gasteiger partial charge on any atom is 0.253 e. The first-order valence-electron chi connectivity index (χ1n) is 9.32. The lowest BCUT2D eigenvalue weighted by Crippen LogP contribution is -2.25. The Morgan fingerprint density at radius 2 is 2.07 bits per heavy atom. The summed E-state index contributed by atoms with van der Waals surface area (Å²) in [5, 5.41) is 13.6. The smallest absolute Gasteiger partial charge is 0.253 e. The summed E-state index contributed by atoms with van der Waals surface area (Å²) in [6, 6.07) is 7.89. The van der Waals surface area contributed by atoms with Gasteiger partial charge in [-0.3, -0.25) is 4.79 Å². The van der Waals surface area contributed by atoms with Crippen LogP contribution in [0.3, 0.4) is 0 Å². The lowest BCUT2D eigenvalue weighted by molar-refractivity contribution is 0.0954. The molecular formula is C20H27N5OS. The second-order valence-electron chi connectivity index (χ2n) is 7.14. The van der Waals surface area contributed by atoms with Gasteiger partial charge in [0.05, 0.1) is 5.56 Å². The molecule has 1 amide bonds. The molecule has 0 aliphatic rings. The number of carbonyl (C=O) groups is 1. The maximum atomic E-state index is 12.6. The Morgan fingerprint density at radius 3 is 2.81 bits per heavy atom. The summed E-state index contributed by atoms with van der Waals surface area (Å²) < 4.78 is 2.20. The predicted molar refractivity (Wildman–Crippen MR) is 110 cm³/mol. The van der Waals surface area contributed by atoms with Crippen molar-refractivity contribution in [2.45, 2.75) is 45.3 Å². The van der Waals surface area contributed by atoms with E-state index in [1.807, 2.05) is 37.4 Å². The first kappa shape index (κ1) is 19.5. The van der Waals surface area contributed by atoms with Crippen LogP contribution >= 0.6 is 11.8 Å². The summed E-state index contributed by atoms with van der Waals surface area (Å²) in [4.78, 5) is 15.9. The standard InChI is InChI=1S/C20H27N5OS/c1-13(2)12-25-17(23-24-20(25)27-4)10-7-11-21-19(26)18-14(3)22-16-9-6-5-8-15(16)18/h5-6,8-9,13,22H,7,10-12H2,1-4H3,(H,21,26). The second kappa shape index (κ2) is 8.61. The largest absolute Gasteiger partial charge is 0.358 e. The summed E-state index contributed by atoms with van der Waals surface area (Å²) >= 11 is 1.62. The second-order valence-corrected chi connectivity index (χ2v) is 7.91. The molecule has 6 nitrogen and oxygen atoms in total. The van der Waals surface area contributed by atoms with Gasteiger partial charge in [-0.1, -0.05) is 43.8 Å². The van der Waals surface area contributed by atoms with Crippen molar-refractivity contribution >= 4 is 28.6 Å². The zero-order valence-corrected chi connectivity index (χ0v) is 17.2. The van der Waals surface area contributed by atoms with Crippen LogP contribution in [0.15, 0.2) is 29.4 Å². The molecule has 27 heavy (non-hydrogen) atoms. The molecule has 1 aromatic carbocycles.